The van der Waals surface area contributed by atoms with E-state index >= 15 is 0 Å². The van der Waals surface area contributed by atoms with E-state index < -0.39 is 0 Å². The summed E-state index contributed by atoms with van der Waals surface area (Å²) >= 11 is 7.84. The van der Waals surface area contributed by atoms with E-state index in [2.05, 4.69) is 23.7 Å². The highest BCUT2D eigenvalue weighted by Gasteiger charge is 2.15. The van der Waals surface area contributed by atoms with Crippen molar-refractivity contribution in [2.24, 2.45) is 0 Å². The summed E-state index contributed by atoms with van der Waals surface area (Å²) in [7, 11) is 1.93. The minimum absolute atomic E-state index is 0.154. The molecule has 1 nitrogen and oxygen atoms in total. The molecule has 20 heavy (non-hydrogen) atoms. The number of likely N-dealkylation sites (N-methyl/N-ethyl adjacent to an activating group) is 1. The van der Waals surface area contributed by atoms with Crippen molar-refractivity contribution in [3.8, 4) is 0 Å². The van der Waals surface area contributed by atoms with Gasteiger partial charge in [0.2, 0.25) is 0 Å². The van der Waals surface area contributed by atoms with E-state index in [4.69, 9.17) is 11.6 Å². The van der Waals surface area contributed by atoms with Gasteiger partial charge < -0.3 is 5.32 Å². The van der Waals surface area contributed by atoms with Crippen molar-refractivity contribution in [3.05, 3.63) is 64.4 Å². The molecule has 1 N–H and O–H groups in total. The maximum absolute atomic E-state index is 13.1. The van der Waals surface area contributed by atoms with Crippen LogP contribution < -0.4 is 5.32 Å². The lowest BCUT2D eigenvalue weighted by Crippen LogP contribution is -2.19. The molecule has 0 aliphatic rings. The molecule has 106 valence electrons. The molecule has 0 saturated carbocycles. The number of nitrogens with one attached hydrogen (secondary N) is 1. The van der Waals surface area contributed by atoms with Gasteiger partial charge in [-0.25, -0.2) is 4.39 Å². The van der Waals surface area contributed by atoms with Crippen molar-refractivity contribution in [1.29, 1.82) is 0 Å². The predicted molar refractivity (Wildman–Crippen MR) is 85.1 cm³/mol. The van der Waals surface area contributed by atoms with Crippen LogP contribution in [0.5, 0.6) is 0 Å². The molecule has 0 spiro atoms. The standard InChI is InChI=1S/C16H17ClFNS/c1-19-15(13-5-3-4-6-16(13)20-2)9-11-7-8-12(18)10-14(11)17/h3-8,10,15,19H,9H2,1-2H3. The van der Waals surface area contributed by atoms with Crippen LogP contribution in [-0.4, -0.2) is 13.3 Å². The van der Waals surface area contributed by atoms with Gasteiger partial charge in [-0.15, -0.1) is 11.8 Å². The van der Waals surface area contributed by atoms with Gasteiger partial charge in [-0.2, -0.15) is 0 Å². The third kappa shape index (κ3) is 3.54. The molecule has 1 atom stereocenters. The van der Waals surface area contributed by atoms with Gasteiger partial charge >= 0.3 is 0 Å². The highest BCUT2D eigenvalue weighted by atomic mass is 35.5. The molecule has 0 aromatic heterocycles. The summed E-state index contributed by atoms with van der Waals surface area (Å²) in [5.41, 5.74) is 2.19. The molecule has 0 radical (unpaired) electrons. The van der Waals surface area contributed by atoms with E-state index in [0.717, 1.165) is 12.0 Å². The maximum atomic E-state index is 13.1. The summed E-state index contributed by atoms with van der Waals surface area (Å²) in [6.07, 6.45) is 2.80. The van der Waals surface area contributed by atoms with Gasteiger partial charge in [0.1, 0.15) is 5.82 Å². The van der Waals surface area contributed by atoms with Gasteiger partial charge in [0.15, 0.2) is 0 Å². The summed E-state index contributed by atoms with van der Waals surface area (Å²) in [4.78, 5) is 1.24. The van der Waals surface area contributed by atoms with E-state index in [1.54, 1.807) is 17.8 Å². The zero-order valence-corrected chi connectivity index (χ0v) is 13.1. The van der Waals surface area contributed by atoms with Crippen molar-refractivity contribution in [2.75, 3.05) is 13.3 Å². The first-order valence-electron chi connectivity index (χ1n) is 6.39. The predicted octanol–water partition coefficient (Wildman–Crippen LogP) is 4.70. The molecule has 4 heteroatoms. The highest BCUT2D eigenvalue weighted by Crippen LogP contribution is 2.29. The SMILES string of the molecule is CNC(Cc1ccc(F)cc1Cl)c1ccccc1SC. The van der Waals surface area contributed by atoms with Gasteiger partial charge in [-0.1, -0.05) is 35.9 Å². The van der Waals surface area contributed by atoms with Crippen molar-refractivity contribution >= 4 is 23.4 Å². The number of benzene rings is 2. The Morgan fingerprint density at radius 3 is 2.65 bits per heavy atom. The molecule has 1 unspecified atom stereocenters. The van der Waals surface area contributed by atoms with Crippen molar-refractivity contribution in [3.63, 3.8) is 0 Å². The molecule has 0 bridgehead atoms. The van der Waals surface area contributed by atoms with Gasteiger partial charge in [-0.05, 0) is 49.1 Å². The minimum atomic E-state index is -0.302. The van der Waals surface area contributed by atoms with Gasteiger partial charge in [0.25, 0.3) is 0 Å². The lowest BCUT2D eigenvalue weighted by Gasteiger charge is -2.20. The molecule has 0 amide bonds. The first kappa shape index (κ1) is 15.4. The fourth-order valence-electron chi connectivity index (χ4n) is 2.23. The molecule has 0 aliphatic heterocycles. The largest absolute Gasteiger partial charge is 0.313 e. The smallest absolute Gasteiger partial charge is 0.124 e. The molecule has 0 aliphatic carbocycles. The van der Waals surface area contributed by atoms with Gasteiger partial charge in [-0.3, -0.25) is 0 Å². The van der Waals surface area contributed by atoms with Crippen LogP contribution in [-0.2, 0) is 6.42 Å². The molecule has 2 aromatic rings. The molecule has 2 aromatic carbocycles. The Kier molecular flexibility index (Phi) is 5.46. The summed E-state index contributed by atoms with van der Waals surface area (Å²) in [6, 6.07) is 13.0. The van der Waals surface area contributed by atoms with E-state index in [1.165, 1.54) is 22.6 Å². The van der Waals surface area contributed by atoms with Crippen molar-refractivity contribution < 1.29 is 4.39 Å². The normalized spacial score (nSPS) is 12.4. The van der Waals surface area contributed by atoms with Crippen LogP contribution in [0.15, 0.2) is 47.4 Å². The van der Waals surface area contributed by atoms with Crippen LogP contribution >= 0.6 is 23.4 Å². The van der Waals surface area contributed by atoms with E-state index in [-0.39, 0.29) is 11.9 Å². The second kappa shape index (κ2) is 7.11. The Hall–Kier alpha value is -1.03. The summed E-state index contributed by atoms with van der Waals surface area (Å²) in [5, 5.41) is 3.80. The number of hydrogen-bond acceptors (Lipinski definition) is 2. The Morgan fingerprint density at radius 1 is 1.25 bits per heavy atom. The van der Waals surface area contributed by atoms with Crippen LogP contribution in [0.4, 0.5) is 4.39 Å². The van der Waals surface area contributed by atoms with Crippen LogP contribution in [0, 0.1) is 5.82 Å². The molecule has 0 heterocycles. The third-order valence-corrected chi connectivity index (χ3v) is 4.47. The second-order valence-electron chi connectivity index (χ2n) is 4.52. The average Bonchev–Trinajstić information content (AvgIpc) is 2.46. The average molecular weight is 310 g/mol. The number of halogens is 2. The zero-order chi connectivity index (χ0) is 14.5. The summed E-state index contributed by atoms with van der Waals surface area (Å²) in [6.45, 7) is 0. The van der Waals surface area contributed by atoms with Crippen LogP contribution in [0.25, 0.3) is 0 Å². The Balaban J connectivity index is 2.29. The van der Waals surface area contributed by atoms with Crippen molar-refractivity contribution in [1.82, 2.24) is 5.32 Å². The molecule has 0 saturated heterocycles. The van der Waals surface area contributed by atoms with Crippen LogP contribution in [0.1, 0.15) is 17.2 Å². The highest BCUT2D eigenvalue weighted by molar-refractivity contribution is 7.98. The maximum Gasteiger partial charge on any atom is 0.124 e. The Morgan fingerprint density at radius 2 is 2.00 bits per heavy atom. The zero-order valence-electron chi connectivity index (χ0n) is 11.5. The monoisotopic (exact) mass is 309 g/mol. The molecule has 2 rings (SSSR count). The fraction of sp³-hybridized carbons (Fsp3) is 0.250. The molecular weight excluding hydrogens is 293 g/mol. The van der Waals surface area contributed by atoms with Crippen LogP contribution in [0.2, 0.25) is 5.02 Å². The minimum Gasteiger partial charge on any atom is -0.313 e. The lowest BCUT2D eigenvalue weighted by atomic mass is 9.99. The van der Waals surface area contributed by atoms with Gasteiger partial charge in [0.05, 0.1) is 0 Å². The fourth-order valence-corrected chi connectivity index (χ4v) is 3.13. The first-order chi connectivity index (χ1) is 9.65. The lowest BCUT2D eigenvalue weighted by molar-refractivity contribution is 0.580. The number of hydrogen-bond donors (Lipinski definition) is 1. The number of thioether (sulfide) groups is 1. The molecule has 0 fully saturated rings. The second-order valence-corrected chi connectivity index (χ2v) is 5.78. The van der Waals surface area contributed by atoms with E-state index in [1.807, 2.05) is 19.2 Å². The summed E-state index contributed by atoms with van der Waals surface area (Å²) in [5.74, 6) is -0.302. The molecular formula is C16H17ClFNS. The quantitative estimate of drug-likeness (QED) is 0.803. The number of rotatable bonds is 5. The van der Waals surface area contributed by atoms with Crippen molar-refractivity contribution in [2.45, 2.75) is 17.4 Å². The Bertz CT molecular complexity index is 588. The van der Waals surface area contributed by atoms with E-state index in [9.17, 15) is 4.39 Å². The topological polar surface area (TPSA) is 12.0 Å². The Labute approximate surface area is 128 Å². The first-order valence-corrected chi connectivity index (χ1v) is 8.00. The van der Waals surface area contributed by atoms with Gasteiger partial charge in [0, 0.05) is 16.0 Å². The summed E-state index contributed by atoms with van der Waals surface area (Å²) < 4.78 is 13.1. The third-order valence-electron chi connectivity index (χ3n) is 3.30. The van der Waals surface area contributed by atoms with E-state index in [0.29, 0.717) is 5.02 Å². The van der Waals surface area contributed by atoms with Crippen LogP contribution in [0.3, 0.4) is 0 Å².